The molecule has 0 N–H and O–H groups in total. The van der Waals surface area contributed by atoms with Gasteiger partial charge in [0.25, 0.3) is 0 Å². The van der Waals surface area contributed by atoms with Crippen molar-refractivity contribution in [3.63, 3.8) is 0 Å². The van der Waals surface area contributed by atoms with Gasteiger partial charge in [0.2, 0.25) is 0 Å². The molecular weight excluding hydrogens is 321 g/mol. The molecule has 0 fully saturated rings. The van der Waals surface area contributed by atoms with Gasteiger partial charge in [0.15, 0.2) is 0 Å². The van der Waals surface area contributed by atoms with Crippen LogP contribution >= 0.6 is 0 Å². The fourth-order valence-corrected chi connectivity index (χ4v) is 6.56. The van der Waals surface area contributed by atoms with Gasteiger partial charge < -0.3 is 0 Å². The first kappa shape index (κ1) is 14.2. The van der Waals surface area contributed by atoms with Gasteiger partial charge in [-0.25, -0.2) is 0 Å². The summed E-state index contributed by atoms with van der Waals surface area (Å²) in [4.78, 5) is 2.31. The second kappa shape index (κ2) is 6.37. The number of benzene rings is 1. The maximum atomic E-state index is 2.50. The van der Waals surface area contributed by atoms with Gasteiger partial charge in [-0.1, -0.05) is 0 Å². The predicted molar refractivity (Wildman–Crippen MR) is 82.2 cm³/mol. The zero-order chi connectivity index (χ0) is 13.9. The summed E-state index contributed by atoms with van der Waals surface area (Å²) in [6.07, 6.45) is 11.9. The molecule has 20 heavy (non-hydrogen) atoms. The van der Waals surface area contributed by atoms with Gasteiger partial charge >= 0.3 is 134 Å². The van der Waals surface area contributed by atoms with Crippen molar-refractivity contribution in [2.45, 2.75) is 18.8 Å². The summed E-state index contributed by atoms with van der Waals surface area (Å²) in [5.41, 5.74) is 3.04. The van der Waals surface area contributed by atoms with E-state index in [9.17, 15) is 0 Å². The van der Waals surface area contributed by atoms with Crippen molar-refractivity contribution >= 4 is 6.08 Å². The average Bonchev–Trinajstić information content (AvgIpc) is 3.04. The number of rotatable bonds is 5. The summed E-state index contributed by atoms with van der Waals surface area (Å²) < 4.78 is 3.49. The van der Waals surface area contributed by atoms with Crippen LogP contribution in [0.3, 0.4) is 0 Å². The molecule has 1 aromatic carbocycles. The van der Waals surface area contributed by atoms with E-state index in [2.05, 4.69) is 67.6 Å². The fraction of sp³-hybridized carbons (Fsp3) is 0.333. The van der Waals surface area contributed by atoms with Crippen molar-refractivity contribution in [2.75, 3.05) is 20.6 Å². The third-order valence-corrected chi connectivity index (χ3v) is 7.62. The van der Waals surface area contributed by atoms with Crippen molar-refractivity contribution in [3.05, 3.63) is 60.2 Å². The van der Waals surface area contributed by atoms with Gasteiger partial charge in [-0.3, -0.25) is 0 Å². The van der Waals surface area contributed by atoms with Crippen LogP contribution in [0.15, 0.2) is 49.1 Å². The first-order valence-corrected chi connectivity index (χ1v) is 9.78. The van der Waals surface area contributed by atoms with E-state index in [0.29, 0.717) is 5.92 Å². The van der Waals surface area contributed by atoms with E-state index >= 15 is 0 Å². The van der Waals surface area contributed by atoms with E-state index in [1.807, 2.05) is 0 Å². The summed E-state index contributed by atoms with van der Waals surface area (Å²) in [7, 11) is 4.35. The zero-order valence-corrected chi connectivity index (χ0v) is 14.7. The van der Waals surface area contributed by atoms with E-state index < -0.39 is 23.2 Å². The molecule has 0 spiro atoms. The van der Waals surface area contributed by atoms with E-state index in [-0.39, 0.29) is 0 Å². The van der Waals surface area contributed by atoms with Crippen molar-refractivity contribution in [1.82, 2.24) is 4.90 Å². The molecule has 2 heteroatoms. The second-order valence-corrected chi connectivity index (χ2v) is 9.43. The second-order valence-electron chi connectivity index (χ2n) is 5.82. The van der Waals surface area contributed by atoms with Crippen LogP contribution in [0, 0.1) is 0 Å². The van der Waals surface area contributed by atoms with Gasteiger partial charge in [0.05, 0.1) is 0 Å². The third-order valence-electron chi connectivity index (χ3n) is 4.00. The van der Waals surface area contributed by atoms with Crippen molar-refractivity contribution in [1.29, 1.82) is 0 Å². The molecule has 0 radical (unpaired) electrons. The van der Waals surface area contributed by atoms with E-state index in [1.165, 1.54) is 24.9 Å². The summed E-state index contributed by atoms with van der Waals surface area (Å²) in [6.45, 7) is 1.17. The molecule has 0 heterocycles. The summed E-state index contributed by atoms with van der Waals surface area (Å²) in [6, 6.07) is 8.98. The normalized spacial score (nSPS) is 20.1. The van der Waals surface area contributed by atoms with Crippen LogP contribution in [-0.4, -0.2) is 25.5 Å². The van der Waals surface area contributed by atoms with Crippen LogP contribution in [0.2, 0.25) is 0 Å². The Morgan fingerprint density at radius 3 is 2.85 bits per heavy atom. The average molecular weight is 343 g/mol. The summed E-state index contributed by atoms with van der Waals surface area (Å²) in [5.74, 6) is 0.682. The van der Waals surface area contributed by atoms with Gasteiger partial charge in [0.1, 0.15) is 0 Å². The molecular formula is C18H21NZr. The molecule has 0 saturated carbocycles. The first-order valence-electron chi connectivity index (χ1n) is 7.32. The molecule has 0 aliphatic heterocycles. The molecule has 1 aromatic rings. The molecule has 0 amide bonds. The Morgan fingerprint density at radius 1 is 1.25 bits per heavy atom. The van der Waals surface area contributed by atoms with Gasteiger partial charge in [-0.2, -0.15) is 0 Å². The van der Waals surface area contributed by atoms with E-state index in [0.717, 1.165) is 0 Å². The Kier molecular flexibility index (Phi) is 4.53. The van der Waals surface area contributed by atoms with Crippen LogP contribution in [0.4, 0.5) is 0 Å². The Labute approximate surface area is 133 Å². The van der Waals surface area contributed by atoms with Crippen molar-refractivity contribution < 1.29 is 23.2 Å². The summed E-state index contributed by atoms with van der Waals surface area (Å²) in [5, 5.41) is 0. The Balaban J connectivity index is 1.80. The number of fused-ring (bicyclic) bond motifs is 1. The number of allylic oxidation sites excluding steroid dienone is 5. The maximum absolute atomic E-state index is 2.50. The number of hydrogen-bond acceptors (Lipinski definition) is 1. The quantitative estimate of drug-likeness (QED) is 0.782. The topological polar surface area (TPSA) is 3.24 Å². The molecule has 2 aliphatic carbocycles. The number of hydrogen-bond donors (Lipinski definition) is 0. The van der Waals surface area contributed by atoms with Gasteiger partial charge in [-0.05, 0) is 0 Å². The number of nitrogens with zero attached hydrogens (tertiary/aromatic N) is 1. The molecule has 2 aliphatic rings. The van der Waals surface area contributed by atoms with Crippen molar-refractivity contribution in [2.24, 2.45) is 0 Å². The predicted octanol–water partition coefficient (Wildman–Crippen LogP) is 4.00. The molecule has 1 unspecified atom stereocenters. The van der Waals surface area contributed by atoms with Crippen LogP contribution in [0.1, 0.15) is 29.9 Å². The minimum atomic E-state index is -0.562. The fourth-order valence-electron chi connectivity index (χ4n) is 2.94. The van der Waals surface area contributed by atoms with Crippen LogP contribution in [-0.2, 0) is 23.2 Å². The molecule has 0 aromatic heterocycles. The standard InChI is InChI=1S/C13H16N.C5H5.Zr/c1-14(2)10-9-12-8-7-11-5-3-4-6-13(11)12;1-2-4-5-3-1;/h3-7,12H,9-10H2,1-2H3;1-3H,4H2;. The Bertz CT molecular complexity index is 581. The minimum absolute atomic E-state index is 0.562. The molecule has 3 rings (SSSR count). The first-order chi connectivity index (χ1) is 9.74. The third kappa shape index (κ3) is 3.13. The van der Waals surface area contributed by atoms with Gasteiger partial charge in [-0.15, -0.1) is 0 Å². The Morgan fingerprint density at radius 2 is 2.10 bits per heavy atom. The Hall–Kier alpha value is -0.717. The van der Waals surface area contributed by atoms with Gasteiger partial charge in [0, 0.05) is 0 Å². The molecule has 1 nitrogen and oxygen atoms in total. The molecule has 1 atom stereocenters. The zero-order valence-electron chi connectivity index (χ0n) is 12.3. The van der Waals surface area contributed by atoms with Crippen molar-refractivity contribution in [3.8, 4) is 0 Å². The monoisotopic (exact) mass is 341 g/mol. The summed E-state index contributed by atoms with van der Waals surface area (Å²) >= 11 is -0.562. The van der Waals surface area contributed by atoms with Crippen LogP contribution < -0.4 is 0 Å². The molecule has 0 bridgehead atoms. The van der Waals surface area contributed by atoms with E-state index in [1.54, 1.807) is 12.1 Å². The van der Waals surface area contributed by atoms with E-state index in [4.69, 9.17) is 0 Å². The van der Waals surface area contributed by atoms with Crippen LogP contribution in [0.25, 0.3) is 6.08 Å². The molecule has 102 valence electrons. The van der Waals surface area contributed by atoms with Crippen LogP contribution in [0.5, 0.6) is 0 Å². The SMILES string of the molecule is CN(C)CCC1[C]([Zr][C]2=CC=CC2)=Cc2ccccc21. The molecule has 0 saturated heterocycles.